The van der Waals surface area contributed by atoms with Crippen molar-refractivity contribution >= 4 is 6.09 Å². The summed E-state index contributed by atoms with van der Waals surface area (Å²) in [5, 5.41) is 0. The average Bonchev–Trinajstić information content (AvgIpc) is 2.66. The van der Waals surface area contributed by atoms with Gasteiger partial charge in [-0.25, -0.2) is 4.79 Å². The maximum absolute atomic E-state index is 11.7. The monoisotopic (exact) mass is 227 g/mol. The minimum atomic E-state index is -0.404. The molecule has 3 heteroatoms. The van der Waals surface area contributed by atoms with Gasteiger partial charge < -0.3 is 4.74 Å². The normalized spacial score (nSPS) is 18.1. The molecule has 0 bridgehead atoms. The highest BCUT2D eigenvalue weighted by Gasteiger charge is 2.27. The number of amides is 1. The van der Waals surface area contributed by atoms with Crippen molar-refractivity contribution in [2.45, 2.75) is 60.0 Å². The Morgan fingerprint density at radius 3 is 2.38 bits per heavy atom. The average molecular weight is 227 g/mol. The maximum Gasteiger partial charge on any atom is 0.414 e. The standard InChI is InChI=1S/C11H19NO2.C2H6/c1-5-9-7-6-8-12(9)10(13)14-11(2,3)4;1-2/h5H,6-8H2,1-4H3;1-2H3/b9-5+;. The van der Waals surface area contributed by atoms with Crippen molar-refractivity contribution in [1.29, 1.82) is 0 Å². The van der Waals surface area contributed by atoms with E-state index in [4.69, 9.17) is 4.74 Å². The third-order valence-corrected chi connectivity index (χ3v) is 2.11. The largest absolute Gasteiger partial charge is 0.443 e. The second kappa shape index (κ2) is 6.56. The third-order valence-electron chi connectivity index (χ3n) is 2.11. The molecule has 1 fully saturated rings. The molecule has 1 aliphatic rings. The molecule has 1 saturated heterocycles. The minimum absolute atomic E-state index is 0.219. The van der Waals surface area contributed by atoms with E-state index < -0.39 is 5.60 Å². The number of likely N-dealkylation sites (tertiary alicyclic amines) is 1. The Hall–Kier alpha value is -0.990. The summed E-state index contributed by atoms with van der Waals surface area (Å²) >= 11 is 0. The van der Waals surface area contributed by atoms with Gasteiger partial charge >= 0.3 is 6.09 Å². The first-order valence-corrected chi connectivity index (χ1v) is 6.10. The first-order chi connectivity index (χ1) is 7.44. The van der Waals surface area contributed by atoms with Crippen LogP contribution in [0.25, 0.3) is 0 Å². The first kappa shape index (κ1) is 15.0. The minimum Gasteiger partial charge on any atom is -0.443 e. The van der Waals surface area contributed by atoms with Crippen molar-refractivity contribution in [1.82, 2.24) is 4.90 Å². The smallest absolute Gasteiger partial charge is 0.414 e. The van der Waals surface area contributed by atoms with E-state index in [1.807, 2.05) is 47.6 Å². The molecule has 0 aromatic carbocycles. The molecule has 0 aromatic rings. The quantitative estimate of drug-likeness (QED) is 0.627. The van der Waals surface area contributed by atoms with Crippen molar-refractivity contribution in [3.63, 3.8) is 0 Å². The molecule has 94 valence electrons. The third kappa shape index (κ3) is 4.69. The van der Waals surface area contributed by atoms with Crippen LogP contribution in [-0.2, 0) is 4.74 Å². The molecule has 1 amide bonds. The van der Waals surface area contributed by atoms with Gasteiger partial charge in [0.1, 0.15) is 5.60 Å². The second-order valence-corrected chi connectivity index (χ2v) is 4.52. The summed E-state index contributed by atoms with van der Waals surface area (Å²) in [6.45, 7) is 12.4. The Kier molecular flexibility index (Phi) is 6.16. The summed E-state index contributed by atoms with van der Waals surface area (Å²) in [5.41, 5.74) is 0.678. The molecule has 1 rings (SSSR count). The molecule has 1 aliphatic heterocycles. The molecule has 0 aromatic heterocycles. The van der Waals surface area contributed by atoms with Crippen LogP contribution in [0.4, 0.5) is 4.79 Å². The van der Waals surface area contributed by atoms with Crippen LogP contribution >= 0.6 is 0 Å². The zero-order valence-corrected chi connectivity index (χ0v) is 11.5. The van der Waals surface area contributed by atoms with E-state index in [0.29, 0.717) is 0 Å². The van der Waals surface area contributed by atoms with Gasteiger partial charge in [0.05, 0.1) is 0 Å². The van der Waals surface area contributed by atoms with E-state index in [2.05, 4.69) is 0 Å². The fraction of sp³-hybridized carbons (Fsp3) is 0.769. The van der Waals surface area contributed by atoms with Crippen LogP contribution in [0.15, 0.2) is 11.8 Å². The summed E-state index contributed by atoms with van der Waals surface area (Å²) in [6.07, 6.45) is 3.79. The summed E-state index contributed by atoms with van der Waals surface area (Å²) < 4.78 is 5.30. The number of carbonyl (C=O) groups is 1. The molecular formula is C13H25NO2. The predicted octanol–water partition coefficient (Wildman–Crippen LogP) is 3.95. The molecule has 0 aliphatic carbocycles. The Labute approximate surface area is 99.5 Å². The predicted molar refractivity (Wildman–Crippen MR) is 67.3 cm³/mol. The lowest BCUT2D eigenvalue weighted by molar-refractivity contribution is 0.0338. The van der Waals surface area contributed by atoms with Gasteiger partial charge in [-0.3, -0.25) is 4.90 Å². The van der Waals surface area contributed by atoms with Gasteiger partial charge in [0.2, 0.25) is 0 Å². The van der Waals surface area contributed by atoms with Crippen LogP contribution in [-0.4, -0.2) is 23.1 Å². The summed E-state index contributed by atoms with van der Waals surface area (Å²) in [4.78, 5) is 13.4. The van der Waals surface area contributed by atoms with Crippen molar-refractivity contribution in [3.05, 3.63) is 11.8 Å². The SMILES string of the molecule is C/C=C1\CCCN1C(=O)OC(C)(C)C.CC. The number of ether oxygens (including phenoxy) is 1. The van der Waals surface area contributed by atoms with Crippen LogP contribution in [0.2, 0.25) is 0 Å². The van der Waals surface area contributed by atoms with E-state index in [-0.39, 0.29) is 6.09 Å². The lowest BCUT2D eigenvalue weighted by atomic mass is 10.2. The Morgan fingerprint density at radius 2 is 1.94 bits per heavy atom. The fourth-order valence-electron chi connectivity index (χ4n) is 1.52. The topological polar surface area (TPSA) is 29.5 Å². The summed E-state index contributed by atoms with van der Waals surface area (Å²) in [6, 6.07) is 0. The van der Waals surface area contributed by atoms with E-state index >= 15 is 0 Å². The first-order valence-electron chi connectivity index (χ1n) is 6.10. The molecule has 0 N–H and O–H groups in total. The molecule has 0 saturated carbocycles. The molecule has 3 nitrogen and oxygen atoms in total. The van der Waals surface area contributed by atoms with Crippen LogP contribution < -0.4 is 0 Å². The van der Waals surface area contributed by atoms with Crippen molar-refractivity contribution in [2.75, 3.05) is 6.54 Å². The van der Waals surface area contributed by atoms with Gasteiger partial charge in [-0.15, -0.1) is 0 Å². The number of rotatable bonds is 0. The molecular weight excluding hydrogens is 202 g/mol. The number of nitrogens with zero attached hydrogens (tertiary/aromatic N) is 1. The highest BCUT2D eigenvalue weighted by atomic mass is 16.6. The van der Waals surface area contributed by atoms with E-state index in [9.17, 15) is 4.79 Å². The fourth-order valence-corrected chi connectivity index (χ4v) is 1.52. The zero-order chi connectivity index (χ0) is 12.8. The van der Waals surface area contributed by atoms with Crippen LogP contribution in [0.3, 0.4) is 0 Å². The van der Waals surface area contributed by atoms with Gasteiger partial charge in [0.15, 0.2) is 0 Å². The molecule has 0 radical (unpaired) electrons. The van der Waals surface area contributed by atoms with Gasteiger partial charge in [0.25, 0.3) is 0 Å². The van der Waals surface area contributed by atoms with Crippen LogP contribution in [0.1, 0.15) is 54.4 Å². The second-order valence-electron chi connectivity index (χ2n) is 4.52. The van der Waals surface area contributed by atoms with Crippen molar-refractivity contribution < 1.29 is 9.53 Å². The molecule has 0 atom stereocenters. The van der Waals surface area contributed by atoms with Crippen molar-refractivity contribution in [3.8, 4) is 0 Å². The van der Waals surface area contributed by atoms with Gasteiger partial charge in [-0.1, -0.05) is 19.9 Å². The maximum atomic E-state index is 11.7. The number of hydrogen-bond acceptors (Lipinski definition) is 2. The van der Waals surface area contributed by atoms with E-state index in [1.165, 1.54) is 0 Å². The molecule has 0 unspecified atom stereocenters. The summed E-state index contributed by atoms with van der Waals surface area (Å²) in [7, 11) is 0. The number of carbonyl (C=O) groups excluding carboxylic acids is 1. The van der Waals surface area contributed by atoms with E-state index in [0.717, 1.165) is 25.1 Å². The highest BCUT2D eigenvalue weighted by Crippen LogP contribution is 2.23. The number of allylic oxidation sites excluding steroid dienone is 2. The van der Waals surface area contributed by atoms with Crippen molar-refractivity contribution in [2.24, 2.45) is 0 Å². The summed E-state index contributed by atoms with van der Waals surface area (Å²) in [5.74, 6) is 0. The lowest BCUT2D eigenvalue weighted by Gasteiger charge is -2.25. The molecule has 1 heterocycles. The molecule has 0 spiro atoms. The zero-order valence-electron chi connectivity index (χ0n) is 11.5. The Morgan fingerprint density at radius 1 is 1.38 bits per heavy atom. The lowest BCUT2D eigenvalue weighted by Crippen LogP contribution is -2.33. The van der Waals surface area contributed by atoms with E-state index in [1.54, 1.807) is 4.90 Å². The molecule has 16 heavy (non-hydrogen) atoms. The highest BCUT2D eigenvalue weighted by molar-refractivity contribution is 5.70. The van der Waals surface area contributed by atoms with Gasteiger partial charge in [0, 0.05) is 12.2 Å². The van der Waals surface area contributed by atoms with Crippen LogP contribution in [0.5, 0.6) is 0 Å². The number of hydrogen-bond donors (Lipinski definition) is 0. The van der Waals surface area contributed by atoms with Gasteiger partial charge in [-0.05, 0) is 40.5 Å². The van der Waals surface area contributed by atoms with Gasteiger partial charge in [-0.2, -0.15) is 0 Å². The van der Waals surface area contributed by atoms with Crippen LogP contribution in [0, 0.1) is 0 Å². The Balaban J connectivity index is 0.00000106. The Bertz CT molecular complexity index is 251.